The van der Waals surface area contributed by atoms with Crippen molar-refractivity contribution in [2.24, 2.45) is 5.92 Å². The summed E-state index contributed by atoms with van der Waals surface area (Å²) in [5.74, 6) is -0.285. The predicted molar refractivity (Wildman–Crippen MR) is 163 cm³/mol. The molecule has 1 saturated carbocycles. The van der Waals surface area contributed by atoms with E-state index in [-0.39, 0.29) is 23.0 Å². The molecule has 0 unspecified atom stereocenters. The van der Waals surface area contributed by atoms with Gasteiger partial charge < -0.3 is 10.1 Å². The Kier molecular flexibility index (Phi) is 6.62. The van der Waals surface area contributed by atoms with Crippen LogP contribution in [0.3, 0.4) is 0 Å². The molecule has 2 fully saturated rings. The van der Waals surface area contributed by atoms with Crippen LogP contribution >= 0.6 is 39.1 Å². The molecule has 10 heteroatoms. The van der Waals surface area contributed by atoms with Gasteiger partial charge in [-0.15, -0.1) is 0 Å². The Bertz CT molecular complexity index is 1710. The maximum atomic E-state index is 16.0. The van der Waals surface area contributed by atoms with E-state index in [9.17, 15) is 4.79 Å². The number of carbonyl (C=O) groups excluding carboxylic acids is 1. The lowest BCUT2D eigenvalue weighted by Gasteiger charge is -2.39. The summed E-state index contributed by atoms with van der Waals surface area (Å²) in [4.78, 5) is 16.8. The van der Waals surface area contributed by atoms with Crippen molar-refractivity contribution in [3.63, 3.8) is 0 Å². The van der Waals surface area contributed by atoms with Gasteiger partial charge in [0.25, 0.3) is 0 Å². The molecule has 6 nitrogen and oxygen atoms in total. The fourth-order valence-corrected chi connectivity index (χ4v) is 7.43. The maximum Gasteiger partial charge on any atom is 0.245 e. The van der Waals surface area contributed by atoms with Crippen LogP contribution in [0.2, 0.25) is 10.0 Å². The highest BCUT2D eigenvalue weighted by molar-refractivity contribution is 9.10. The number of ether oxygens (including phenoxy) is 1. The average molecular weight is 658 g/mol. The third-order valence-corrected chi connectivity index (χ3v) is 10.3. The Hall–Kier alpha value is -2.65. The van der Waals surface area contributed by atoms with Gasteiger partial charge in [0.1, 0.15) is 18.0 Å². The van der Waals surface area contributed by atoms with E-state index in [1.807, 2.05) is 30.7 Å². The molecular weight excluding hydrogens is 630 g/mol. The molecule has 1 saturated heterocycles. The molecule has 41 heavy (non-hydrogen) atoms. The summed E-state index contributed by atoms with van der Waals surface area (Å²) in [6.45, 7) is 4.98. The number of hydrogen-bond acceptors (Lipinski definition) is 4. The van der Waals surface area contributed by atoms with E-state index in [1.54, 1.807) is 36.4 Å². The van der Waals surface area contributed by atoms with E-state index >= 15 is 4.39 Å². The highest BCUT2D eigenvalue weighted by Gasteiger charge is 2.64. The number of hydrogen-bond donors (Lipinski definition) is 1. The number of likely N-dealkylation sites (tertiary alicyclic amines) is 1. The van der Waals surface area contributed by atoms with Gasteiger partial charge in [-0.05, 0) is 80.1 Å². The summed E-state index contributed by atoms with van der Waals surface area (Å²) >= 11 is 16.3. The first kappa shape index (κ1) is 27.2. The molecule has 0 spiro atoms. The standard InChI is InChI=1S/C31H28BrCl2FN4O2/c1-16-11-24-21(13-22(16)32)29-39(37-24)28-25(15-41-29)38(14-17-9-10-17)31(2,26(28)20-7-4-8-23(34)27(20)35)30(40)36-19-6-3-5-18(33)12-19/h3-8,11-13,17,25-26,28H,9-10,14-15H2,1-2H3,(H,36,40)/t25-,26-,28+,31+/m0/s1. The molecule has 0 radical (unpaired) electrons. The SMILES string of the molecule is Cc1cc2nn3c(c2cc1Br)OC[C@H]1[C@@H]3[C@H](c2cccc(Cl)c2F)[C@](C)(C(=O)Nc2cccc(Cl)c2)N1CC1CC1. The first-order valence-electron chi connectivity index (χ1n) is 13.8. The van der Waals surface area contributed by atoms with Crippen molar-refractivity contribution in [3.8, 4) is 5.88 Å². The largest absolute Gasteiger partial charge is 0.476 e. The summed E-state index contributed by atoms with van der Waals surface area (Å²) in [6, 6.07) is 15.5. The second-order valence-corrected chi connectivity index (χ2v) is 13.3. The van der Waals surface area contributed by atoms with E-state index in [4.69, 9.17) is 33.0 Å². The first-order valence-corrected chi connectivity index (χ1v) is 15.3. The van der Waals surface area contributed by atoms with Gasteiger partial charge in [-0.25, -0.2) is 9.07 Å². The van der Waals surface area contributed by atoms with Crippen LogP contribution in [-0.4, -0.2) is 45.3 Å². The smallest absolute Gasteiger partial charge is 0.245 e. The quantitative estimate of drug-likeness (QED) is 0.238. The number of rotatable bonds is 5. The Morgan fingerprint density at radius 3 is 2.73 bits per heavy atom. The molecule has 4 aromatic rings. The third kappa shape index (κ3) is 4.37. The Morgan fingerprint density at radius 1 is 1.20 bits per heavy atom. The number of nitrogens with zero attached hydrogens (tertiary/aromatic N) is 3. The van der Waals surface area contributed by atoms with Crippen molar-refractivity contribution >= 4 is 61.6 Å². The second-order valence-electron chi connectivity index (χ2n) is 11.6. The topological polar surface area (TPSA) is 59.4 Å². The number of benzene rings is 3. The number of halogens is 4. The molecule has 4 atom stereocenters. The van der Waals surface area contributed by atoms with Gasteiger partial charge in [0.15, 0.2) is 0 Å². The van der Waals surface area contributed by atoms with Gasteiger partial charge in [0.2, 0.25) is 11.8 Å². The van der Waals surface area contributed by atoms with Gasteiger partial charge in [0, 0.05) is 27.6 Å². The average Bonchev–Trinajstić information content (AvgIpc) is 3.64. The van der Waals surface area contributed by atoms with Crippen molar-refractivity contribution < 1.29 is 13.9 Å². The fourth-order valence-electron chi connectivity index (χ4n) is 6.72. The van der Waals surface area contributed by atoms with Crippen LogP contribution < -0.4 is 10.1 Å². The lowest BCUT2D eigenvalue weighted by molar-refractivity contribution is -0.127. The summed E-state index contributed by atoms with van der Waals surface area (Å²) in [5, 5.41) is 9.53. The Morgan fingerprint density at radius 2 is 1.98 bits per heavy atom. The van der Waals surface area contributed by atoms with E-state index in [1.165, 1.54) is 6.07 Å². The summed E-state index contributed by atoms with van der Waals surface area (Å²) in [5.41, 5.74) is 1.65. The lowest BCUT2D eigenvalue weighted by Crippen LogP contribution is -2.57. The monoisotopic (exact) mass is 656 g/mol. The van der Waals surface area contributed by atoms with Crippen LogP contribution in [0.15, 0.2) is 59.1 Å². The van der Waals surface area contributed by atoms with Gasteiger partial charge in [-0.2, -0.15) is 5.10 Å². The van der Waals surface area contributed by atoms with Crippen LogP contribution in [0.25, 0.3) is 10.9 Å². The molecule has 0 bridgehead atoms. The van der Waals surface area contributed by atoms with Crippen LogP contribution in [0.5, 0.6) is 5.88 Å². The number of anilines is 1. The lowest BCUT2D eigenvalue weighted by atomic mass is 9.77. The van der Waals surface area contributed by atoms with Crippen LogP contribution in [0.4, 0.5) is 10.1 Å². The molecule has 3 aromatic carbocycles. The van der Waals surface area contributed by atoms with Crippen molar-refractivity contribution in [1.29, 1.82) is 0 Å². The molecule has 2 aliphatic heterocycles. The van der Waals surface area contributed by atoms with Crippen LogP contribution in [0.1, 0.15) is 42.9 Å². The Labute approximate surface area is 255 Å². The number of aromatic nitrogens is 2. The highest BCUT2D eigenvalue weighted by Crippen LogP contribution is 2.57. The molecular formula is C31H28BrCl2FN4O2. The number of carbonyl (C=O) groups is 1. The van der Waals surface area contributed by atoms with Crippen molar-refractivity contribution in [3.05, 3.63) is 86.1 Å². The van der Waals surface area contributed by atoms with Crippen molar-refractivity contribution in [2.75, 3.05) is 18.5 Å². The zero-order valence-corrected chi connectivity index (χ0v) is 25.6. The predicted octanol–water partition coefficient (Wildman–Crippen LogP) is 7.76. The molecule has 7 rings (SSSR count). The minimum atomic E-state index is -1.16. The van der Waals surface area contributed by atoms with Gasteiger partial charge in [0.05, 0.1) is 28.0 Å². The summed E-state index contributed by atoms with van der Waals surface area (Å²) in [7, 11) is 0. The van der Waals surface area contributed by atoms with E-state index in [0.29, 0.717) is 41.2 Å². The molecule has 1 aromatic heterocycles. The minimum absolute atomic E-state index is 0.0229. The highest BCUT2D eigenvalue weighted by atomic mass is 79.9. The van der Waals surface area contributed by atoms with E-state index < -0.39 is 17.3 Å². The number of aryl methyl sites for hydroxylation is 1. The first-order chi connectivity index (χ1) is 19.7. The van der Waals surface area contributed by atoms with Crippen molar-refractivity contribution in [1.82, 2.24) is 14.7 Å². The zero-order valence-electron chi connectivity index (χ0n) is 22.5. The third-order valence-electron chi connectivity index (χ3n) is 8.95. The van der Waals surface area contributed by atoms with E-state index in [0.717, 1.165) is 33.8 Å². The van der Waals surface area contributed by atoms with Crippen LogP contribution in [0, 0.1) is 18.7 Å². The van der Waals surface area contributed by atoms with E-state index in [2.05, 4.69) is 26.1 Å². The molecule has 1 N–H and O–H groups in total. The number of amides is 1. The summed E-state index contributed by atoms with van der Waals surface area (Å²) < 4.78 is 25.3. The number of fused-ring (bicyclic) bond motifs is 5. The second kappa shape index (κ2) is 9.97. The molecule has 1 amide bonds. The summed E-state index contributed by atoms with van der Waals surface area (Å²) in [6.07, 6.45) is 2.20. The molecule has 3 heterocycles. The maximum absolute atomic E-state index is 16.0. The van der Waals surface area contributed by atoms with Gasteiger partial charge >= 0.3 is 0 Å². The van der Waals surface area contributed by atoms with Crippen LogP contribution in [-0.2, 0) is 4.79 Å². The zero-order chi connectivity index (χ0) is 28.6. The minimum Gasteiger partial charge on any atom is -0.476 e. The normalized spacial score (nSPS) is 25.6. The molecule has 3 aliphatic rings. The van der Waals surface area contributed by atoms with Gasteiger partial charge in [-0.3, -0.25) is 9.69 Å². The van der Waals surface area contributed by atoms with Gasteiger partial charge in [-0.1, -0.05) is 57.3 Å². The molecule has 212 valence electrons. The Balaban J connectivity index is 1.44. The number of nitrogens with one attached hydrogen (secondary N) is 1. The molecule has 1 aliphatic carbocycles. The van der Waals surface area contributed by atoms with Crippen molar-refractivity contribution in [2.45, 2.75) is 50.2 Å². The fraction of sp³-hybridized carbons (Fsp3) is 0.355.